The highest BCUT2D eigenvalue weighted by molar-refractivity contribution is 9.10. The number of aromatic nitrogens is 2. The molecule has 1 heterocycles. The summed E-state index contributed by atoms with van der Waals surface area (Å²) in [7, 11) is 0. The molecule has 4 heteroatoms. The van der Waals surface area contributed by atoms with E-state index in [0.717, 1.165) is 22.4 Å². The Morgan fingerprint density at radius 3 is 2.67 bits per heavy atom. The second kappa shape index (κ2) is 5.96. The molecular formula is C14H15BrN2O. The van der Waals surface area contributed by atoms with Crippen LogP contribution in [0.2, 0.25) is 0 Å². The maximum absolute atomic E-state index is 12.0. The zero-order chi connectivity index (χ0) is 13.0. The number of Topliss-reactive ketones (excluding diaryl/α,β-unsaturated/α-hetero) is 1. The monoisotopic (exact) mass is 306 g/mol. The second-order valence-electron chi connectivity index (χ2n) is 4.15. The Kier molecular flexibility index (Phi) is 4.31. The highest BCUT2D eigenvalue weighted by atomic mass is 79.9. The van der Waals surface area contributed by atoms with E-state index >= 15 is 0 Å². The zero-order valence-corrected chi connectivity index (χ0v) is 11.9. The summed E-state index contributed by atoms with van der Waals surface area (Å²) in [6, 6.07) is 7.84. The summed E-state index contributed by atoms with van der Waals surface area (Å²) >= 11 is 3.38. The molecule has 1 aromatic heterocycles. The molecule has 0 fully saturated rings. The fourth-order valence-electron chi connectivity index (χ4n) is 1.86. The van der Waals surface area contributed by atoms with Crippen LogP contribution in [0.25, 0.3) is 0 Å². The van der Waals surface area contributed by atoms with E-state index in [9.17, 15) is 4.79 Å². The van der Waals surface area contributed by atoms with Crippen molar-refractivity contribution in [2.45, 2.75) is 26.3 Å². The zero-order valence-electron chi connectivity index (χ0n) is 10.3. The molecule has 0 saturated carbocycles. The average Bonchev–Trinajstić information content (AvgIpc) is 2.79. The average molecular weight is 307 g/mol. The van der Waals surface area contributed by atoms with Gasteiger partial charge in [0.2, 0.25) is 0 Å². The molecule has 0 aliphatic heterocycles. The Hall–Kier alpha value is -1.42. The van der Waals surface area contributed by atoms with E-state index in [1.54, 1.807) is 6.20 Å². The largest absolute Gasteiger partial charge is 0.335 e. The topological polar surface area (TPSA) is 34.9 Å². The van der Waals surface area contributed by atoms with E-state index in [1.165, 1.54) is 0 Å². The minimum atomic E-state index is 0.193. The molecule has 1 aromatic carbocycles. The Labute approximate surface area is 115 Å². The first-order valence-electron chi connectivity index (χ1n) is 5.95. The van der Waals surface area contributed by atoms with E-state index in [0.29, 0.717) is 12.8 Å². The molecule has 0 bridgehead atoms. The summed E-state index contributed by atoms with van der Waals surface area (Å²) in [6.07, 6.45) is 4.51. The van der Waals surface area contributed by atoms with Gasteiger partial charge >= 0.3 is 0 Å². The number of carbonyl (C=O) groups excluding carboxylic acids is 1. The van der Waals surface area contributed by atoms with Gasteiger partial charge in [0.05, 0.1) is 6.42 Å². The first kappa shape index (κ1) is 13.0. The third-order valence-electron chi connectivity index (χ3n) is 2.81. The molecular weight excluding hydrogens is 292 g/mol. The van der Waals surface area contributed by atoms with E-state index in [-0.39, 0.29) is 5.78 Å². The van der Waals surface area contributed by atoms with Crippen LogP contribution in [0.3, 0.4) is 0 Å². The molecule has 0 saturated heterocycles. The number of halogens is 1. The van der Waals surface area contributed by atoms with Crippen LogP contribution in [0, 0.1) is 0 Å². The third kappa shape index (κ3) is 3.29. The standard InChI is InChI=1S/C14H15BrN2O/c1-2-17-8-7-16-14(17)10-13(18)9-11-3-5-12(15)6-4-11/h3-8H,2,9-10H2,1H3. The Morgan fingerprint density at radius 2 is 2.00 bits per heavy atom. The molecule has 0 aliphatic carbocycles. The molecule has 0 radical (unpaired) electrons. The van der Waals surface area contributed by atoms with Gasteiger partial charge in [-0.15, -0.1) is 0 Å². The lowest BCUT2D eigenvalue weighted by Crippen LogP contribution is -2.11. The summed E-state index contributed by atoms with van der Waals surface area (Å²) in [5, 5.41) is 0. The number of benzene rings is 1. The Balaban J connectivity index is 1.99. The number of aryl methyl sites for hydroxylation is 1. The van der Waals surface area contributed by atoms with Crippen molar-refractivity contribution in [2.75, 3.05) is 0 Å². The van der Waals surface area contributed by atoms with Crippen molar-refractivity contribution < 1.29 is 4.79 Å². The normalized spacial score (nSPS) is 10.6. The van der Waals surface area contributed by atoms with Gasteiger partial charge in [-0.05, 0) is 24.6 Å². The predicted octanol–water partition coefficient (Wildman–Crippen LogP) is 3.02. The van der Waals surface area contributed by atoms with Crippen LogP contribution in [0.5, 0.6) is 0 Å². The highest BCUT2D eigenvalue weighted by Crippen LogP contribution is 2.11. The van der Waals surface area contributed by atoms with Gasteiger partial charge in [0.1, 0.15) is 11.6 Å². The van der Waals surface area contributed by atoms with E-state index < -0.39 is 0 Å². The number of ketones is 1. The van der Waals surface area contributed by atoms with Gasteiger partial charge in [-0.1, -0.05) is 28.1 Å². The van der Waals surface area contributed by atoms with Gasteiger partial charge in [0.25, 0.3) is 0 Å². The lowest BCUT2D eigenvalue weighted by molar-refractivity contribution is -0.117. The number of imidazole rings is 1. The van der Waals surface area contributed by atoms with Crippen molar-refractivity contribution >= 4 is 21.7 Å². The molecule has 0 amide bonds. The highest BCUT2D eigenvalue weighted by Gasteiger charge is 2.09. The molecule has 0 aliphatic rings. The van der Waals surface area contributed by atoms with Crippen LogP contribution in [0.1, 0.15) is 18.3 Å². The lowest BCUT2D eigenvalue weighted by atomic mass is 10.1. The Morgan fingerprint density at radius 1 is 1.28 bits per heavy atom. The number of rotatable bonds is 5. The summed E-state index contributed by atoms with van der Waals surface area (Å²) < 4.78 is 3.03. The molecule has 0 N–H and O–H groups in total. The lowest BCUT2D eigenvalue weighted by Gasteiger charge is -2.04. The fraction of sp³-hybridized carbons (Fsp3) is 0.286. The van der Waals surface area contributed by atoms with Crippen molar-refractivity contribution in [3.8, 4) is 0 Å². The maximum atomic E-state index is 12.0. The van der Waals surface area contributed by atoms with Crippen LogP contribution < -0.4 is 0 Å². The van der Waals surface area contributed by atoms with E-state index in [1.807, 2.05) is 42.0 Å². The molecule has 2 rings (SSSR count). The summed E-state index contributed by atoms with van der Waals surface area (Å²) in [5.41, 5.74) is 1.04. The minimum Gasteiger partial charge on any atom is -0.335 e. The smallest absolute Gasteiger partial charge is 0.144 e. The van der Waals surface area contributed by atoms with Crippen molar-refractivity contribution in [3.05, 3.63) is 52.5 Å². The van der Waals surface area contributed by atoms with Crippen molar-refractivity contribution in [2.24, 2.45) is 0 Å². The predicted molar refractivity (Wildman–Crippen MR) is 74.5 cm³/mol. The minimum absolute atomic E-state index is 0.193. The number of hydrogen-bond acceptors (Lipinski definition) is 2. The SMILES string of the molecule is CCn1ccnc1CC(=O)Cc1ccc(Br)cc1. The van der Waals surface area contributed by atoms with Gasteiger partial charge in [0, 0.05) is 29.8 Å². The molecule has 2 aromatic rings. The van der Waals surface area contributed by atoms with Crippen molar-refractivity contribution in [1.82, 2.24) is 9.55 Å². The van der Waals surface area contributed by atoms with Gasteiger partial charge in [-0.2, -0.15) is 0 Å². The summed E-state index contributed by atoms with van der Waals surface area (Å²) in [6.45, 7) is 2.89. The van der Waals surface area contributed by atoms with Crippen LogP contribution in [-0.2, 0) is 24.2 Å². The molecule has 0 spiro atoms. The van der Waals surface area contributed by atoms with Crippen LogP contribution in [-0.4, -0.2) is 15.3 Å². The van der Waals surface area contributed by atoms with Gasteiger partial charge in [-0.25, -0.2) is 4.98 Å². The molecule has 3 nitrogen and oxygen atoms in total. The molecule has 0 unspecified atom stereocenters. The van der Waals surface area contributed by atoms with Gasteiger partial charge < -0.3 is 4.57 Å². The summed E-state index contributed by atoms with van der Waals surface area (Å²) in [4.78, 5) is 16.2. The Bertz CT molecular complexity index is 531. The molecule has 94 valence electrons. The first-order chi connectivity index (χ1) is 8.69. The van der Waals surface area contributed by atoms with Crippen molar-refractivity contribution in [1.29, 1.82) is 0 Å². The number of hydrogen-bond donors (Lipinski definition) is 0. The van der Waals surface area contributed by atoms with Crippen molar-refractivity contribution in [3.63, 3.8) is 0 Å². The molecule has 18 heavy (non-hydrogen) atoms. The van der Waals surface area contributed by atoms with E-state index in [2.05, 4.69) is 20.9 Å². The van der Waals surface area contributed by atoms with Crippen LogP contribution in [0.15, 0.2) is 41.1 Å². The van der Waals surface area contributed by atoms with Gasteiger partial charge in [0.15, 0.2) is 0 Å². The van der Waals surface area contributed by atoms with Crippen LogP contribution >= 0.6 is 15.9 Å². The second-order valence-corrected chi connectivity index (χ2v) is 5.06. The maximum Gasteiger partial charge on any atom is 0.144 e. The quantitative estimate of drug-likeness (QED) is 0.851. The summed E-state index contributed by atoms with van der Waals surface area (Å²) in [5.74, 6) is 1.04. The molecule has 0 atom stereocenters. The van der Waals surface area contributed by atoms with E-state index in [4.69, 9.17) is 0 Å². The first-order valence-corrected chi connectivity index (χ1v) is 6.74. The number of nitrogens with zero attached hydrogens (tertiary/aromatic N) is 2. The third-order valence-corrected chi connectivity index (χ3v) is 3.34. The number of carbonyl (C=O) groups is 1. The fourth-order valence-corrected chi connectivity index (χ4v) is 2.13. The van der Waals surface area contributed by atoms with Crippen LogP contribution in [0.4, 0.5) is 0 Å². The van der Waals surface area contributed by atoms with Gasteiger partial charge in [-0.3, -0.25) is 4.79 Å².